The summed E-state index contributed by atoms with van der Waals surface area (Å²) in [6, 6.07) is 0.430. The lowest BCUT2D eigenvalue weighted by Crippen LogP contribution is -2.59. The van der Waals surface area contributed by atoms with Crippen LogP contribution in [0.4, 0.5) is 0 Å². The Hall–Kier alpha value is -0.120. The maximum atomic E-state index is 6.74. The van der Waals surface area contributed by atoms with Gasteiger partial charge in [-0.25, -0.2) is 0 Å². The fourth-order valence-corrected chi connectivity index (χ4v) is 6.00. The molecule has 19 heavy (non-hydrogen) atoms. The largest absolute Gasteiger partial charge is 0.326 e. The van der Waals surface area contributed by atoms with Crippen LogP contribution in [0.3, 0.4) is 0 Å². The van der Waals surface area contributed by atoms with E-state index in [4.69, 9.17) is 5.73 Å². The summed E-state index contributed by atoms with van der Waals surface area (Å²) in [6.45, 7) is 5.83. The molecule has 4 saturated carbocycles. The zero-order valence-corrected chi connectivity index (χ0v) is 12.1. The van der Waals surface area contributed by atoms with Gasteiger partial charge in [0.25, 0.3) is 0 Å². The van der Waals surface area contributed by atoms with E-state index in [9.17, 15) is 0 Å². The summed E-state index contributed by atoms with van der Waals surface area (Å²) in [5.41, 5.74) is 7.27. The Kier molecular flexibility index (Phi) is 3.13. The summed E-state index contributed by atoms with van der Waals surface area (Å²) in [7, 11) is 0. The molecule has 0 radical (unpaired) electrons. The SMILES string of the molecule is NC(CN1CCNCC1)C12CC3CC(CC(C3)C1)C2. The minimum atomic E-state index is 0.430. The Morgan fingerprint density at radius 1 is 1.00 bits per heavy atom. The molecule has 5 rings (SSSR count). The molecule has 1 unspecified atom stereocenters. The summed E-state index contributed by atoms with van der Waals surface area (Å²) in [4.78, 5) is 2.60. The molecule has 1 saturated heterocycles. The van der Waals surface area contributed by atoms with Crippen molar-refractivity contribution in [3.05, 3.63) is 0 Å². The number of nitrogens with one attached hydrogen (secondary N) is 1. The van der Waals surface area contributed by atoms with Crippen LogP contribution >= 0.6 is 0 Å². The van der Waals surface area contributed by atoms with Crippen molar-refractivity contribution < 1.29 is 0 Å². The van der Waals surface area contributed by atoms with Crippen molar-refractivity contribution >= 4 is 0 Å². The van der Waals surface area contributed by atoms with Gasteiger partial charge in [-0.3, -0.25) is 4.90 Å². The highest BCUT2D eigenvalue weighted by atomic mass is 15.2. The Balaban J connectivity index is 1.45. The number of hydrogen-bond donors (Lipinski definition) is 2. The quantitative estimate of drug-likeness (QED) is 0.809. The van der Waals surface area contributed by atoms with Gasteiger partial charge in [-0.2, -0.15) is 0 Å². The summed E-state index contributed by atoms with van der Waals surface area (Å²) in [6.07, 6.45) is 8.93. The third kappa shape index (κ3) is 2.24. The lowest BCUT2D eigenvalue weighted by Gasteiger charge is -2.59. The minimum Gasteiger partial charge on any atom is -0.326 e. The number of hydrogen-bond acceptors (Lipinski definition) is 3. The first-order chi connectivity index (χ1) is 9.23. The van der Waals surface area contributed by atoms with E-state index < -0.39 is 0 Å². The molecule has 5 aliphatic rings. The zero-order valence-electron chi connectivity index (χ0n) is 12.1. The number of rotatable bonds is 3. The van der Waals surface area contributed by atoms with E-state index in [0.717, 1.165) is 37.4 Å². The molecule has 0 spiro atoms. The minimum absolute atomic E-state index is 0.430. The fraction of sp³-hybridized carbons (Fsp3) is 1.00. The molecule has 4 bridgehead atoms. The maximum absolute atomic E-state index is 6.74. The third-order valence-electron chi connectivity index (χ3n) is 6.54. The van der Waals surface area contributed by atoms with Gasteiger partial charge < -0.3 is 11.1 Å². The summed E-state index contributed by atoms with van der Waals surface area (Å²) in [5, 5.41) is 3.44. The molecular formula is C16H29N3. The first-order valence-corrected chi connectivity index (χ1v) is 8.42. The number of nitrogens with two attached hydrogens (primary N) is 1. The second-order valence-corrected chi connectivity index (χ2v) is 7.94. The van der Waals surface area contributed by atoms with Crippen LogP contribution in [-0.4, -0.2) is 43.7 Å². The Labute approximate surface area is 117 Å². The van der Waals surface area contributed by atoms with Gasteiger partial charge in [0, 0.05) is 38.8 Å². The second kappa shape index (κ2) is 4.71. The average molecular weight is 263 g/mol. The average Bonchev–Trinajstić information content (AvgIpc) is 2.38. The van der Waals surface area contributed by atoms with E-state index in [0.29, 0.717) is 11.5 Å². The monoisotopic (exact) mass is 263 g/mol. The molecule has 4 aliphatic carbocycles. The van der Waals surface area contributed by atoms with Crippen LogP contribution in [0, 0.1) is 23.2 Å². The van der Waals surface area contributed by atoms with Crippen molar-refractivity contribution in [1.82, 2.24) is 10.2 Å². The molecule has 0 aromatic rings. The Bertz CT molecular complexity index is 300. The van der Waals surface area contributed by atoms with Crippen molar-refractivity contribution in [2.75, 3.05) is 32.7 Å². The highest BCUT2D eigenvalue weighted by Gasteiger charge is 2.53. The first-order valence-electron chi connectivity index (χ1n) is 8.42. The van der Waals surface area contributed by atoms with Gasteiger partial charge in [0.15, 0.2) is 0 Å². The lowest BCUT2D eigenvalue weighted by atomic mass is 9.48. The molecule has 108 valence electrons. The second-order valence-electron chi connectivity index (χ2n) is 7.94. The van der Waals surface area contributed by atoms with Crippen molar-refractivity contribution in [3.8, 4) is 0 Å². The predicted molar refractivity (Wildman–Crippen MR) is 77.9 cm³/mol. The summed E-state index contributed by atoms with van der Waals surface area (Å²) >= 11 is 0. The topological polar surface area (TPSA) is 41.3 Å². The van der Waals surface area contributed by atoms with E-state index in [1.165, 1.54) is 51.6 Å². The van der Waals surface area contributed by atoms with Gasteiger partial charge in [0.05, 0.1) is 0 Å². The molecule has 1 aliphatic heterocycles. The van der Waals surface area contributed by atoms with Gasteiger partial charge >= 0.3 is 0 Å². The van der Waals surface area contributed by atoms with Crippen LogP contribution in [0.15, 0.2) is 0 Å². The third-order valence-corrected chi connectivity index (χ3v) is 6.54. The van der Waals surface area contributed by atoms with Crippen LogP contribution < -0.4 is 11.1 Å². The molecule has 3 heteroatoms. The molecule has 1 atom stereocenters. The van der Waals surface area contributed by atoms with E-state index in [1.807, 2.05) is 0 Å². The molecule has 3 nitrogen and oxygen atoms in total. The van der Waals surface area contributed by atoms with E-state index in [-0.39, 0.29) is 0 Å². The van der Waals surface area contributed by atoms with Crippen molar-refractivity contribution in [2.24, 2.45) is 28.9 Å². The molecule has 1 heterocycles. The van der Waals surface area contributed by atoms with Gasteiger partial charge in [0.1, 0.15) is 0 Å². The highest BCUT2D eigenvalue weighted by Crippen LogP contribution is 2.61. The van der Waals surface area contributed by atoms with Crippen molar-refractivity contribution in [3.63, 3.8) is 0 Å². The van der Waals surface area contributed by atoms with Crippen LogP contribution in [0.1, 0.15) is 38.5 Å². The Morgan fingerprint density at radius 3 is 2.05 bits per heavy atom. The van der Waals surface area contributed by atoms with Gasteiger partial charge in [-0.05, 0) is 61.7 Å². The lowest BCUT2D eigenvalue weighted by molar-refractivity contribution is -0.0718. The summed E-state index contributed by atoms with van der Waals surface area (Å²) in [5.74, 6) is 3.08. The normalized spacial score (nSPS) is 47.5. The van der Waals surface area contributed by atoms with Crippen LogP contribution in [0.5, 0.6) is 0 Å². The molecule has 0 aromatic heterocycles. The highest BCUT2D eigenvalue weighted by molar-refractivity contribution is 5.06. The van der Waals surface area contributed by atoms with Gasteiger partial charge in [0.2, 0.25) is 0 Å². The van der Waals surface area contributed by atoms with Crippen molar-refractivity contribution in [2.45, 2.75) is 44.6 Å². The fourth-order valence-electron chi connectivity index (χ4n) is 6.00. The van der Waals surface area contributed by atoms with Gasteiger partial charge in [-0.1, -0.05) is 0 Å². The van der Waals surface area contributed by atoms with E-state index >= 15 is 0 Å². The summed E-state index contributed by atoms with van der Waals surface area (Å²) < 4.78 is 0. The van der Waals surface area contributed by atoms with Gasteiger partial charge in [-0.15, -0.1) is 0 Å². The molecule has 0 aromatic carbocycles. The molecular weight excluding hydrogens is 234 g/mol. The number of nitrogens with zero attached hydrogens (tertiary/aromatic N) is 1. The maximum Gasteiger partial charge on any atom is 0.0225 e. The van der Waals surface area contributed by atoms with Crippen molar-refractivity contribution in [1.29, 1.82) is 0 Å². The molecule has 0 amide bonds. The standard InChI is InChI=1S/C16H29N3/c17-15(11-19-3-1-18-2-4-19)16-8-12-5-13(9-16)7-14(6-12)10-16/h12-15,18H,1-11,17H2. The van der Waals surface area contributed by atoms with E-state index in [1.54, 1.807) is 0 Å². The smallest absolute Gasteiger partial charge is 0.0225 e. The number of piperazine rings is 1. The Morgan fingerprint density at radius 2 is 1.53 bits per heavy atom. The van der Waals surface area contributed by atoms with Crippen LogP contribution in [0.2, 0.25) is 0 Å². The van der Waals surface area contributed by atoms with E-state index in [2.05, 4.69) is 10.2 Å². The first kappa shape index (κ1) is 12.6. The van der Waals surface area contributed by atoms with Crippen LogP contribution in [0.25, 0.3) is 0 Å². The van der Waals surface area contributed by atoms with Crippen LogP contribution in [-0.2, 0) is 0 Å². The molecule has 5 fully saturated rings. The predicted octanol–water partition coefficient (Wildman–Crippen LogP) is 1.44. The molecule has 3 N–H and O–H groups in total. The zero-order chi connectivity index (χ0) is 12.9.